The summed E-state index contributed by atoms with van der Waals surface area (Å²) >= 11 is 0. The molecule has 168 valence electrons. The van der Waals surface area contributed by atoms with E-state index in [0.29, 0.717) is 37.2 Å². The molecule has 0 aliphatic heterocycles. The fourth-order valence-corrected chi connectivity index (χ4v) is 3.69. The summed E-state index contributed by atoms with van der Waals surface area (Å²) in [5, 5.41) is 2.91. The molecule has 1 atom stereocenters. The predicted molar refractivity (Wildman–Crippen MR) is 120 cm³/mol. The molecule has 0 saturated carbocycles. The van der Waals surface area contributed by atoms with Crippen LogP contribution in [0, 0.1) is 23.0 Å². The highest BCUT2D eigenvalue weighted by molar-refractivity contribution is 6.06. The molecular formula is C25H32F2N2O2. The molecule has 0 aromatic heterocycles. The highest BCUT2D eigenvalue weighted by atomic mass is 19.1. The van der Waals surface area contributed by atoms with E-state index in [4.69, 9.17) is 0 Å². The quantitative estimate of drug-likeness (QED) is 0.528. The summed E-state index contributed by atoms with van der Waals surface area (Å²) in [4.78, 5) is 26.7. The van der Waals surface area contributed by atoms with Crippen LogP contribution in [0.1, 0.15) is 57.3 Å². The second-order valence-electron chi connectivity index (χ2n) is 9.22. The van der Waals surface area contributed by atoms with Gasteiger partial charge in [-0.05, 0) is 72.7 Å². The van der Waals surface area contributed by atoms with Gasteiger partial charge in [-0.3, -0.25) is 9.59 Å². The third-order valence-corrected chi connectivity index (χ3v) is 4.85. The number of nitrogens with zero attached hydrogens (tertiary/aromatic N) is 1. The van der Waals surface area contributed by atoms with Crippen molar-refractivity contribution in [2.24, 2.45) is 11.3 Å². The molecule has 1 unspecified atom stereocenters. The molecular weight excluding hydrogens is 398 g/mol. The van der Waals surface area contributed by atoms with Crippen molar-refractivity contribution in [1.29, 1.82) is 0 Å². The van der Waals surface area contributed by atoms with Crippen molar-refractivity contribution in [2.75, 3.05) is 18.0 Å². The molecule has 0 aliphatic rings. The van der Waals surface area contributed by atoms with E-state index in [0.717, 1.165) is 6.42 Å². The van der Waals surface area contributed by atoms with Gasteiger partial charge in [0.25, 0.3) is 5.91 Å². The molecule has 0 spiro atoms. The summed E-state index contributed by atoms with van der Waals surface area (Å²) in [6.07, 6.45) is 1.96. The van der Waals surface area contributed by atoms with E-state index in [1.807, 2.05) is 0 Å². The maximum absolute atomic E-state index is 13.3. The van der Waals surface area contributed by atoms with E-state index in [9.17, 15) is 18.4 Å². The Morgan fingerprint density at radius 2 is 1.52 bits per heavy atom. The van der Waals surface area contributed by atoms with Crippen LogP contribution in [-0.4, -0.2) is 24.9 Å². The van der Waals surface area contributed by atoms with Crippen LogP contribution in [0.15, 0.2) is 48.5 Å². The summed E-state index contributed by atoms with van der Waals surface area (Å²) in [6.45, 7) is 9.30. The van der Waals surface area contributed by atoms with E-state index in [1.165, 1.54) is 53.4 Å². The van der Waals surface area contributed by atoms with E-state index >= 15 is 0 Å². The molecule has 2 aromatic rings. The first-order chi connectivity index (χ1) is 14.5. The first-order valence-electron chi connectivity index (χ1n) is 10.6. The molecule has 4 nitrogen and oxygen atoms in total. The van der Waals surface area contributed by atoms with Gasteiger partial charge in [0, 0.05) is 30.8 Å². The Morgan fingerprint density at radius 1 is 0.968 bits per heavy atom. The lowest BCUT2D eigenvalue weighted by Crippen LogP contribution is -2.34. The molecule has 1 N–H and O–H groups in total. The predicted octanol–water partition coefficient (Wildman–Crippen LogP) is 5.58. The summed E-state index contributed by atoms with van der Waals surface area (Å²) in [7, 11) is 0. The zero-order chi connectivity index (χ0) is 23.0. The monoisotopic (exact) mass is 430 g/mol. The topological polar surface area (TPSA) is 49.4 Å². The van der Waals surface area contributed by atoms with Crippen molar-refractivity contribution in [3.05, 3.63) is 65.7 Å². The van der Waals surface area contributed by atoms with Crippen molar-refractivity contribution < 1.29 is 18.4 Å². The van der Waals surface area contributed by atoms with Gasteiger partial charge in [0.05, 0.1) is 0 Å². The lowest BCUT2D eigenvalue weighted by Gasteiger charge is -2.24. The largest absolute Gasteiger partial charge is 0.356 e. The third-order valence-electron chi connectivity index (χ3n) is 4.85. The number of carbonyl (C=O) groups is 2. The maximum Gasteiger partial charge on any atom is 0.258 e. The molecule has 2 aromatic carbocycles. The highest BCUT2D eigenvalue weighted by Gasteiger charge is 2.19. The van der Waals surface area contributed by atoms with Crippen LogP contribution in [0.3, 0.4) is 0 Å². The highest BCUT2D eigenvalue weighted by Crippen LogP contribution is 2.25. The van der Waals surface area contributed by atoms with Crippen LogP contribution in [0.4, 0.5) is 14.5 Å². The molecule has 2 rings (SSSR count). The number of halogens is 2. The van der Waals surface area contributed by atoms with Gasteiger partial charge in [-0.2, -0.15) is 0 Å². The Labute approximate surface area is 183 Å². The van der Waals surface area contributed by atoms with Crippen LogP contribution in [-0.2, 0) is 4.79 Å². The summed E-state index contributed by atoms with van der Waals surface area (Å²) in [6, 6.07) is 11.0. The van der Waals surface area contributed by atoms with Gasteiger partial charge < -0.3 is 10.2 Å². The van der Waals surface area contributed by atoms with Crippen LogP contribution >= 0.6 is 0 Å². The third kappa shape index (κ3) is 8.48. The first kappa shape index (κ1) is 24.5. The first-order valence-corrected chi connectivity index (χ1v) is 10.6. The van der Waals surface area contributed by atoms with Gasteiger partial charge in [0.1, 0.15) is 11.6 Å². The van der Waals surface area contributed by atoms with Gasteiger partial charge >= 0.3 is 0 Å². The normalized spacial score (nSPS) is 12.3. The molecule has 0 heterocycles. The Balaban J connectivity index is 1.96. The molecule has 0 bridgehead atoms. The zero-order valence-corrected chi connectivity index (χ0v) is 18.8. The Bertz CT molecular complexity index is 859. The summed E-state index contributed by atoms with van der Waals surface area (Å²) < 4.78 is 26.5. The minimum atomic E-state index is -0.423. The zero-order valence-electron chi connectivity index (χ0n) is 18.8. The van der Waals surface area contributed by atoms with Gasteiger partial charge in [0.15, 0.2) is 0 Å². The average Bonchev–Trinajstić information content (AvgIpc) is 2.67. The number of amides is 2. The fraction of sp³-hybridized carbons (Fsp3) is 0.440. The lowest BCUT2D eigenvalue weighted by atomic mass is 9.84. The van der Waals surface area contributed by atoms with Crippen molar-refractivity contribution in [1.82, 2.24) is 5.32 Å². The number of nitrogens with one attached hydrogen (secondary N) is 1. The maximum atomic E-state index is 13.3. The van der Waals surface area contributed by atoms with E-state index < -0.39 is 11.6 Å². The van der Waals surface area contributed by atoms with E-state index in [1.54, 1.807) is 0 Å². The van der Waals surface area contributed by atoms with Crippen LogP contribution in [0.2, 0.25) is 0 Å². The molecule has 0 aliphatic carbocycles. The number of hydrogen-bond donors (Lipinski definition) is 1. The fourth-order valence-electron chi connectivity index (χ4n) is 3.69. The van der Waals surface area contributed by atoms with Gasteiger partial charge in [-0.1, -0.05) is 27.7 Å². The Morgan fingerprint density at radius 3 is 2.06 bits per heavy atom. The Hall–Kier alpha value is -2.76. The second kappa shape index (κ2) is 11.0. The van der Waals surface area contributed by atoms with Crippen molar-refractivity contribution in [3.8, 4) is 0 Å². The number of anilines is 1. The van der Waals surface area contributed by atoms with Crippen LogP contribution in [0.5, 0.6) is 0 Å². The molecule has 0 fully saturated rings. The molecule has 31 heavy (non-hydrogen) atoms. The van der Waals surface area contributed by atoms with E-state index in [2.05, 4.69) is 33.0 Å². The lowest BCUT2D eigenvalue weighted by molar-refractivity contribution is -0.122. The summed E-state index contributed by atoms with van der Waals surface area (Å²) in [5.41, 5.74) is 1.06. The van der Waals surface area contributed by atoms with Crippen LogP contribution in [0.25, 0.3) is 0 Å². The van der Waals surface area contributed by atoms with Gasteiger partial charge in [-0.15, -0.1) is 0 Å². The second-order valence-corrected chi connectivity index (χ2v) is 9.22. The Kier molecular flexibility index (Phi) is 8.72. The molecule has 6 heteroatoms. The number of carbonyl (C=O) groups excluding carboxylic acids is 2. The average molecular weight is 431 g/mol. The molecule has 0 saturated heterocycles. The summed E-state index contributed by atoms with van der Waals surface area (Å²) in [5.74, 6) is -0.842. The standard InChI is InChI=1S/C25H32F2N2O2/c1-18(17-25(2,3)4)16-23(30)28-14-5-15-29(22-12-10-21(27)11-13-22)24(31)19-6-8-20(26)9-7-19/h6-13,18H,5,14-17H2,1-4H3,(H,28,30). The molecule has 0 radical (unpaired) electrons. The number of hydrogen-bond acceptors (Lipinski definition) is 2. The van der Waals surface area contributed by atoms with Gasteiger partial charge in [-0.25, -0.2) is 8.78 Å². The minimum Gasteiger partial charge on any atom is -0.356 e. The smallest absolute Gasteiger partial charge is 0.258 e. The van der Waals surface area contributed by atoms with Crippen molar-refractivity contribution in [3.63, 3.8) is 0 Å². The number of rotatable bonds is 9. The van der Waals surface area contributed by atoms with Crippen LogP contribution < -0.4 is 10.2 Å². The number of benzene rings is 2. The van der Waals surface area contributed by atoms with Crippen molar-refractivity contribution >= 4 is 17.5 Å². The SMILES string of the molecule is CC(CC(=O)NCCCN(C(=O)c1ccc(F)cc1)c1ccc(F)cc1)CC(C)(C)C. The van der Waals surface area contributed by atoms with Gasteiger partial charge in [0.2, 0.25) is 5.91 Å². The van der Waals surface area contributed by atoms with E-state index in [-0.39, 0.29) is 23.1 Å². The van der Waals surface area contributed by atoms with Crippen molar-refractivity contribution in [2.45, 2.75) is 47.0 Å². The minimum absolute atomic E-state index is 0.00468. The molecule has 2 amide bonds.